The molecular weight excluding hydrogens is 294 g/mol. The highest BCUT2D eigenvalue weighted by molar-refractivity contribution is 5.89. The summed E-state index contributed by atoms with van der Waals surface area (Å²) >= 11 is 0. The molecule has 0 aliphatic carbocycles. The summed E-state index contributed by atoms with van der Waals surface area (Å²) in [5, 5.41) is 5.54. The van der Waals surface area contributed by atoms with Crippen LogP contribution in [0.5, 0.6) is 5.75 Å². The average molecular weight is 313 g/mol. The monoisotopic (exact) mass is 313 g/mol. The van der Waals surface area contributed by atoms with Crippen LogP contribution in [0.2, 0.25) is 0 Å². The van der Waals surface area contributed by atoms with Crippen molar-refractivity contribution in [1.29, 1.82) is 0 Å². The van der Waals surface area contributed by atoms with Gasteiger partial charge in [-0.05, 0) is 42.3 Å². The Labute approximate surface area is 134 Å². The summed E-state index contributed by atoms with van der Waals surface area (Å²) in [6.45, 7) is 2.19. The van der Waals surface area contributed by atoms with Gasteiger partial charge in [-0.15, -0.1) is 0 Å². The molecule has 6 heteroatoms. The lowest BCUT2D eigenvalue weighted by atomic mass is 10.2. The van der Waals surface area contributed by atoms with Gasteiger partial charge in [-0.1, -0.05) is 24.3 Å². The maximum absolute atomic E-state index is 11.8. The first-order valence-electron chi connectivity index (χ1n) is 7.14. The Morgan fingerprint density at radius 2 is 1.87 bits per heavy atom. The molecule has 2 aromatic rings. The first-order valence-corrected chi connectivity index (χ1v) is 7.14. The van der Waals surface area contributed by atoms with Gasteiger partial charge in [-0.25, -0.2) is 4.79 Å². The summed E-state index contributed by atoms with van der Waals surface area (Å²) in [4.78, 5) is 22.5. The molecule has 3 amide bonds. The van der Waals surface area contributed by atoms with Gasteiger partial charge < -0.3 is 21.1 Å². The summed E-state index contributed by atoms with van der Waals surface area (Å²) in [5.74, 6) is 0.0281. The maximum atomic E-state index is 11.8. The van der Waals surface area contributed by atoms with E-state index in [-0.39, 0.29) is 12.6 Å². The minimum absolute atomic E-state index is 0.156. The number of rotatable bonds is 6. The van der Waals surface area contributed by atoms with Gasteiger partial charge >= 0.3 is 6.03 Å². The number of hydrogen-bond acceptors (Lipinski definition) is 3. The van der Waals surface area contributed by atoms with Gasteiger partial charge in [0, 0.05) is 12.2 Å². The van der Waals surface area contributed by atoms with Crippen LogP contribution in [0.15, 0.2) is 48.5 Å². The van der Waals surface area contributed by atoms with Gasteiger partial charge in [0.15, 0.2) is 6.61 Å². The number of carbonyl (C=O) groups is 2. The van der Waals surface area contributed by atoms with E-state index < -0.39 is 5.91 Å². The quantitative estimate of drug-likeness (QED) is 0.763. The molecule has 0 atom stereocenters. The zero-order chi connectivity index (χ0) is 16.7. The normalized spacial score (nSPS) is 9.96. The number of anilines is 1. The summed E-state index contributed by atoms with van der Waals surface area (Å²) in [5.41, 5.74) is 7.74. The van der Waals surface area contributed by atoms with E-state index in [2.05, 4.69) is 10.6 Å². The van der Waals surface area contributed by atoms with Gasteiger partial charge in [-0.3, -0.25) is 4.79 Å². The lowest BCUT2D eigenvalue weighted by molar-refractivity contribution is -0.119. The van der Waals surface area contributed by atoms with Crippen molar-refractivity contribution in [3.63, 3.8) is 0 Å². The molecule has 6 nitrogen and oxygen atoms in total. The number of urea groups is 1. The number of ether oxygens (including phenoxy) is 1. The second kappa shape index (κ2) is 7.84. The van der Waals surface area contributed by atoms with E-state index in [0.717, 1.165) is 16.8 Å². The SMILES string of the molecule is Cc1cccc(NC(=O)NCc2ccc(OCC(N)=O)cc2)c1. The molecule has 23 heavy (non-hydrogen) atoms. The van der Waals surface area contributed by atoms with Gasteiger partial charge in [0.25, 0.3) is 5.91 Å². The highest BCUT2D eigenvalue weighted by Gasteiger charge is 2.03. The molecule has 0 aliphatic heterocycles. The molecule has 2 rings (SSSR count). The zero-order valence-corrected chi connectivity index (χ0v) is 12.8. The Bertz CT molecular complexity index is 684. The Kier molecular flexibility index (Phi) is 5.57. The van der Waals surface area contributed by atoms with E-state index in [4.69, 9.17) is 10.5 Å². The topological polar surface area (TPSA) is 93.4 Å². The fraction of sp³-hybridized carbons (Fsp3) is 0.176. The fourth-order valence-electron chi connectivity index (χ4n) is 1.94. The summed E-state index contributed by atoms with van der Waals surface area (Å²) in [6.07, 6.45) is 0. The van der Waals surface area contributed by atoms with Crippen molar-refractivity contribution in [3.8, 4) is 5.75 Å². The van der Waals surface area contributed by atoms with E-state index in [1.54, 1.807) is 12.1 Å². The van der Waals surface area contributed by atoms with Crippen LogP contribution in [0.1, 0.15) is 11.1 Å². The lowest BCUT2D eigenvalue weighted by Crippen LogP contribution is -2.28. The van der Waals surface area contributed by atoms with Gasteiger partial charge in [-0.2, -0.15) is 0 Å². The van der Waals surface area contributed by atoms with Crippen molar-refractivity contribution in [2.75, 3.05) is 11.9 Å². The summed E-state index contributed by atoms with van der Waals surface area (Å²) in [6, 6.07) is 14.4. The predicted octanol–water partition coefficient (Wildman–Crippen LogP) is 2.18. The number of aryl methyl sites for hydroxylation is 1. The molecule has 0 heterocycles. The summed E-state index contributed by atoms with van der Waals surface area (Å²) < 4.78 is 5.16. The molecule has 2 aromatic carbocycles. The number of nitrogens with one attached hydrogen (secondary N) is 2. The van der Waals surface area contributed by atoms with Crippen LogP contribution in [0.4, 0.5) is 10.5 Å². The maximum Gasteiger partial charge on any atom is 0.319 e. The Morgan fingerprint density at radius 3 is 2.52 bits per heavy atom. The number of primary amides is 1. The van der Waals surface area contributed by atoms with Crippen LogP contribution in [-0.2, 0) is 11.3 Å². The van der Waals surface area contributed by atoms with Crippen LogP contribution in [0.25, 0.3) is 0 Å². The number of nitrogens with two attached hydrogens (primary N) is 1. The van der Waals surface area contributed by atoms with Gasteiger partial charge in [0.05, 0.1) is 0 Å². The molecule has 0 aliphatic rings. The van der Waals surface area contributed by atoms with Crippen molar-refractivity contribution >= 4 is 17.6 Å². The zero-order valence-electron chi connectivity index (χ0n) is 12.8. The standard InChI is InChI=1S/C17H19N3O3/c1-12-3-2-4-14(9-12)20-17(22)19-10-13-5-7-15(8-6-13)23-11-16(18)21/h2-9H,10-11H2,1H3,(H2,18,21)(H2,19,20,22). The van der Waals surface area contributed by atoms with Gasteiger partial charge in [0.1, 0.15) is 5.75 Å². The van der Waals surface area contributed by atoms with E-state index in [9.17, 15) is 9.59 Å². The highest BCUT2D eigenvalue weighted by atomic mass is 16.5. The largest absolute Gasteiger partial charge is 0.484 e. The number of hydrogen-bond donors (Lipinski definition) is 3. The van der Waals surface area contributed by atoms with Crippen molar-refractivity contribution in [1.82, 2.24) is 5.32 Å². The molecule has 0 spiro atoms. The van der Waals surface area contributed by atoms with E-state index >= 15 is 0 Å². The van der Waals surface area contributed by atoms with Crippen molar-refractivity contribution < 1.29 is 14.3 Å². The molecule has 0 saturated carbocycles. The van der Waals surface area contributed by atoms with Gasteiger partial charge in [0.2, 0.25) is 0 Å². The predicted molar refractivity (Wildman–Crippen MR) is 88.2 cm³/mol. The van der Waals surface area contributed by atoms with Crippen molar-refractivity contribution in [2.45, 2.75) is 13.5 Å². The lowest BCUT2D eigenvalue weighted by Gasteiger charge is -2.09. The van der Waals surface area contributed by atoms with Crippen molar-refractivity contribution in [2.24, 2.45) is 5.73 Å². The molecule has 0 unspecified atom stereocenters. The molecule has 0 bridgehead atoms. The van der Waals surface area contributed by atoms with E-state index in [1.165, 1.54) is 0 Å². The van der Waals surface area contributed by atoms with Crippen LogP contribution in [0.3, 0.4) is 0 Å². The second-order valence-electron chi connectivity index (χ2n) is 5.08. The Balaban J connectivity index is 1.81. The minimum atomic E-state index is -0.524. The van der Waals surface area contributed by atoms with Crippen LogP contribution in [0, 0.1) is 6.92 Å². The first-order chi connectivity index (χ1) is 11.0. The Morgan fingerprint density at radius 1 is 1.13 bits per heavy atom. The minimum Gasteiger partial charge on any atom is -0.484 e. The number of amides is 3. The molecule has 0 saturated heterocycles. The summed E-state index contributed by atoms with van der Waals surface area (Å²) in [7, 11) is 0. The first kappa shape index (κ1) is 16.4. The molecule has 0 fully saturated rings. The van der Waals surface area contributed by atoms with E-state index in [0.29, 0.717) is 12.3 Å². The third kappa shape index (κ3) is 5.70. The second-order valence-corrected chi connectivity index (χ2v) is 5.08. The third-order valence-corrected chi connectivity index (χ3v) is 3.03. The molecular formula is C17H19N3O3. The van der Waals surface area contributed by atoms with Crippen LogP contribution in [-0.4, -0.2) is 18.5 Å². The van der Waals surface area contributed by atoms with Crippen LogP contribution < -0.4 is 21.1 Å². The Hall–Kier alpha value is -3.02. The number of benzene rings is 2. The molecule has 0 radical (unpaired) electrons. The average Bonchev–Trinajstić information content (AvgIpc) is 2.52. The smallest absolute Gasteiger partial charge is 0.319 e. The molecule has 4 N–H and O–H groups in total. The van der Waals surface area contributed by atoms with E-state index in [1.807, 2.05) is 43.3 Å². The molecule has 120 valence electrons. The molecule has 0 aromatic heterocycles. The number of carbonyl (C=O) groups excluding carboxylic acids is 2. The van der Waals surface area contributed by atoms with Crippen LogP contribution >= 0.6 is 0 Å². The fourth-order valence-corrected chi connectivity index (χ4v) is 1.94. The van der Waals surface area contributed by atoms with Crippen molar-refractivity contribution in [3.05, 3.63) is 59.7 Å². The third-order valence-electron chi connectivity index (χ3n) is 3.03. The highest BCUT2D eigenvalue weighted by Crippen LogP contribution is 2.12.